The number of nitrogens with one attached hydrogen (secondary N) is 1. The second kappa shape index (κ2) is 7.81. The lowest BCUT2D eigenvalue weighted by molar-refractivity contribution is -0.0279. The summed E-state index contributed by atoms with van der Waals surface area (Å²) < 4.78 is 11.2. The molecule has 0 aliphatic heterocycles. The number of hydrogen-bond acceptors (Lipinski definition) is 4. The molecule has 2 N–H and O–H groups in total. The van der Waals surface area contributed by atoms with Crippen molar-refractivity contribution in [2.24, 2.45) is 5.92 Å². The fourth-order valence-corrected chi connectivity index (χ4v) is 2.64. The third kappa shape index (κ3) is 5.27. The van der Waals surface area contributed by atoms with Gasteiger partial charge in [-0.05, 0) is 50.7 Å². The summed E-state index contributed by atoms with van der Waals surface area (Å²) in [5.74, 6) is 2.65. The first kappa shape index (κ1) is 15.5. The molecule has 1 aliphatic carbocycles. The number of hydrogen-bond donors (Lipinski definition) is 2. The maximum Gasteiger partial charge on any atom is 0.117 e. The highest BCUT2D eigenvalue weighted by atomic mass is 16.5. The molecule has 1 aromatic rings. The molecule has 0 aromatic carbocycles. The third-order valence-corrected chi connectivity index (χ3v) is 3.96. The number of furan rings is 1. The van der Waals surface area contributed by atoms with Crippen LogP contribution in [0, 0.1) is 12.8 Å². The van der Waals surface area contributed by atoms with Crippen molar-refractivity contribution in [3.63, 3.8) is 0 Å². The van der Waals surface area contributed by atoms with Crippen LogP contribution in [-0.4, -0.2) is 30.5 Å². The molecular weight excluding hydrogens is 254 g/mol. The molecule has 4 heteroatoms. The Kier molecular flexibility index (Phi) is 6.07. The van der Waals surface area contributed by atoms with E-state index in [1.807, 2.05) is 19.1 Å². The van der Waals surface area contributed by atoms with Crippen LogP contribution >= 0.6 is 0 Å². The summed E-state index contributed by atoms with van der Waals surface area (Å²) >= 11 is 0. The van der Waals surface area contributed by atoms with Crippen molar-refractivity contribution in [1.82, 2.24) is 5.32 Å². The quantitative estimate of drug-likeness (QED) is 0.806. The van der Waals surface area contributed by atoms with Gasteiger partial charge in [0.25, 0.3) is 0 Å². The van der Waals surface area contributed by atoms with Gasteiger partial charge in [-0.3, -0.25) is 0 Å². The predicted molar refractivity (Wildman–Crippen MR) is 78.5 cm³/mol. The number of aryl methyl sites for hydroxylation is 1. The van der Waals surface area contributed by atoms with E-state index in [1.54, 1.807) is 0 Å². The van der Waals surface area contributed by atoms with Crippen LogP contribution in [0.15, 0.2) is 16.5 Å². The molecule has 20 heavy (non-hydrogen) atoms. The highest BCUT2D eigenvalue weighted by molar-refractivity contribution is 5.05. The zero-order chi connectivity index (χ0) is 14.4. The molecule has 0 radical (unpaired) electrons. The Morgan fingerprint density at radius 3 is 2.75 bits per heavy atom. The second-order valence-corrected chi connectivity index (χ2v) is 6.01. The molecule has 0 spiro atoms. The first-order valence-corrected chi connectivity index (χ1v) is 7.69. The Morgan fingerprint density at radius 1 is 1.35 bits per heavy atom. The van der Waals surface area contributed by atoms with Gasteiger partial charge in [0, 0.05) is 6.54 Å². The molecule has 1 aliphatic rings. The van der Waals surface area contributed by atoms with Crippen molar-refractivity contribution < 1.29 is 14.3 Å². The fourth-order valence-electron chi connectivity index (χ4n) is 2.64. The molecule has 1 fully saturated rings. The number of aliphatic hydroxyl groups excluding tert-OH is 1. The van der Waals surface area contributed by atoms with E-state index in [0.29, 0.717) is 25.8 Å². The summed E-state index contributed by atoms with van der Waals surface area (Å²) in [4.78, 5) is 0. The van der Waals surface area contributed by atoms with Crippen LogP contribution in [0.25, 0.3) is 0 Å². The van der Waals surface area contributed by atoms with Crippen LogP contribution in [0.3, 0.4) is 0 Å². The Bertz CT molecular complexity index is 383. The van der Waals surface area contributed by atoms with Crippen LogP contribution in [0.2, 0.25) is 0 Å². The topological polar surface area (TPSA) is 54.6 Å². The maximum atomic E-state index is 9.90. The van der Waals surface area contributed by atoms with Crippen LogP contribution < -0.4 is 5.32 Å². The third-order valence-electron chi connectivity index (χ3n) is 3.96. The first-order chi connectivity index (χ1) is 9.63. The summed E-state index contributed by atoms with van der Waals surface area (Å²) in [6.45, 7) is 5.82. The van der Waals surface area contributed by atoms with Crippen molar-refractivity contribution in [2.75, 3.05) is 13.2 Å². The Hall–Kier alpha value is -0.840. The molecule has 0 bridgehead atoms. The van der Waals surface area contributed by atoms with Gasteiger partial charge in [-0.2, -0.15) is 0 Å². The molecule has 1 atom stereocenters. The Labute approximate surface area is 121 Å². The maximum absolute atomic E-state index is 9.90. The minimum Gasteiger partial charge on any atom is -0.465 e. The van der Waals surface area contributed by atoms with E-state index in [-0.39, 0.29) is 0 Å². The van der Waals surface area contributed by atoms with Gasteiger partial charge in [-0.25, -0.2) is 0 Å². The van der Waals surface area contributed by atoms with Gasteiger partial charge in [0.05, 0.1) is 25.4 Å². The highest BCUT2D eigenvalue weighted by Crippen LogP contribution is 2.25. The van der Waals surface area contributed by atoms with Gasteiger partial charge in [-0.1, -0.05) is 6.92 Å². The zero-order valence-corrected chi connectivity index (χ0v) is 12.6. The molecule has 0 amide bonds. The zero-order valence-electron chi connectivity index (χ0n) is 12.6. The van der Waals surface area contributed by atoms with E-state index in [0.717, 1.165) is 30.3 Å². The van der Waals surface area contributed by atoms with Crippen LogP contribution in [0.5, 0.6) is 0 Å². The lowest BCUT2D eigenvalue weighted by Crippen LogP contribution is -2.32. The summed E-state index contributed by atoms with van der Waals surface area (Å²) in [5, 5.41) is 13.1. The van der Waals surface area contributed by atoms with Gasteiger partial charge >= 0.3 is 0 Å². The summed E-state index contributed by atoms with van der Waals surface area (Å²) in [6.07, 6.45) is 4.65. The largest absolute Gasteiger partial charge is 0.465 e. The molecule has 1 unspecified atom stereocenters. The Morgan fingerprint density at radius 2 is 2.10 bits per heavy atom. The van der Waals surface area contributed by atoms with Crippen molar-refractivity contribution in [1.29, 1.82) is 0 Å². The minimum atomic E-state index is -0.453. The lowest BCUT2D eigenvalue weighted by Gasteiger charge is -2.27. The van der Waals surface area contributed by atoms with Gasteiger partial charge < -0.3 is 19.6 Å². The van der Waals surface area contributed by atoms with Gasteiger partial charge in [0.15, 0.2) is 0 Å². The molecule has 1 saturated carbocycles. The summed E-state index contributed by atoms with van der Waals surface area (Å²) in [6, 6.07) is 3.90. The minimum absolute atomic E-state index is 0.341. The van der Waals surface area contributed by atoms with E-state index in [1.165, 1.54) is 12.8 Å². The summed E-state index contributed by atoms with van der Waals surface area (Å²) in [5.41, 5.74) is 0. The standard InChI is InChI=1S/C16H27NO3/c1-12-3-6-15(7-4-12)19-11-14(18)9-17-10-16-8-5-13(2)20-16/h5,8,12,14-15,17-18H,3-4,6-7,9-11H2,1-2H3. The van der Waals surface area contributed by atoms with Crippen LogP contribution in [-0.2, 0) is 11.3 Å². The number of ether oxygens (including phenoxy) is 1. The SMILES string of the molecule is Cc1ccc(CNCC(O)COC2CCC(C)CC2)o1. The molecule has 1 heterocycles. The smallest absolute Gasteiger partial charge is 0.117 e. The lowest BCUT2D eigenvalue weighted by atomic mass is 9.89. The van der Waals surface area contributed by atoms with Gasteiger partial charge in [-0.15, -0.1) is 0 Å². The normalized spacial score (nSPS) is 24.8. The number of rotatable bonds is 7. The Balaban J connectivity index is 1.55. The van der Waals surface area contributed by atoms with Crippen molar-refractivity contribution in [3.05, 3.63) is 23.7 Å². The highest BCUT2D eigenvalue weighted by Gasteiger charge is 2.19. The second-order valence-electron chi connectivity index (χ2n) is 6.01. The monoisotopic (exact) mass is 281 g/mol. The fraction of sp³-hybridized carbons (Fsp3) is 0.750. The van der Waals surface area contributed by atoms with E-state index in [9.17, 15) is 5.11 Å². The molecule has 4 nitrogen and oxygen atoms in total. The van der Waals surface area contributed by atoms with Crippen molar-refractivity contribution in [3.8, 4) is 0 Å². The molecule has 114 valence electrons. The predicted octanol–water partition coefficient (Wildman–Crippen LogP) is 2.63. The average Bonchev–Trinajstić information content (AvgIpc) is 2.84. The van der Waals surface area contributed by atoms with Gasteiger partial charge in [0.1, 0.15) is 11.5 Å². The van der Waals surface area contributed by atoms with Gasteiger partial charge in [0.2, 0.25) is 0 Å². The van der Waals surface area contributed by atoms with Crippen molar-refractivity contribution >= 4 is 0 Å². The molecule has 2 rings (SSSR count). The molecular formula is C16H27NO3. The average molecular weight is 281 g/mol. The first-order valence-electron chi connectivity index (χ1n) is 7.69. The number of aliphatic hydroxyl groups is 1. The molecule has 1 aromatic heterocycles. The van der Waals surface area contributed by atoms with E-state index >= 15 is 0 Å². The van der Waals surface area contributed by atoms with E-state index in [2.05, 4.69) is 12.2 Å². The van der Waals surface area contributed by atoms with Crippen molar-refractivity contribution in [2.45, 2.75) is 58.3 Å². The van der Waals surface area contributed by atoms with E-state index < -0.39 is 6.10 Å². The van der Waals surface area contributed by atoms with Crippen LogP contribution in [0.4, 0.5) is 0 Å². The van der Waals surface area contributed by atoms with Crippen LogP contribution in [0.1, 0.15) is 44.1 Å². The summed E-state index contributed by atoms with van der Waals surface area (Å²) in [7, 11) is 0. The van der Waals surface area contributed by atoms with E-state index in [4.69, 9.17) is 9.15 Å². The molecule has 0 saturated heterocycles.